The Hall–Kier alpha value is -3.04. The molecule has 1 aromatic carbocycles. The van der Waals surface area contributed by atoms with E-state index in [1.165, 1.54) is 0 Å². The molecule has 0 atom stereocenters. The molecule has 126 valence electrons. The molecular weight excluding hydrogens is 334 g/mol. The highest BCUT2D eigenvalue weighted by molar-refractivity contribution is 7.13. The quantitative estimate of drug-likeness (QED) is 0.759. The monoisotopic (exact) mass is 351 g/mol. The molecule has 0 saturated carbocycles. The summed E-state index contributed by atoms with van der Waals surface area (Å²) in [6, 6.07) is 11.6. The maximum absolute atomic E-state index is 9.50. The van der Waals surface area contributed by atoms with E-state index in [0.717, 1.165) is 21.6 Å². The van der Waals surface area contributed by atoms with Gasteiger partial charge in [-0.25, -0.2) is 4.98 Å². The molecule has 3 aromatic rings. The fourth-order valence-corrected chi connectivity index (χ4v) is 3.60. The van der Waals surface area contributed by atoms with E-state index in [1.54, 1.807) is 25.6 Å². The summed E-state index contributed by atoms with van der Waals surface area (Å²) in [6.45, 7) is 2.01. The summed E-state index contributed by atoms with van der Waals surface area (Å²) in [5, 5.41) is 11.5. The van der Waals surface area contributed by atoms with Gasteiger partial charge < -0.3 is 15.2 Å². The average molecular weight is 351 g/mol. The number of hydrogen-bond acceptors (Lipinski definition) is 6. The van der Waals surface area contributed by atoms with Crippen LogP contribution in [0.4, 0.5) is 5.82 Å². The Morgan fingerprint density at radius 3 is 2.48 bits per heavy atom. The van der Waals surface area contributed by atoms with Crippen LogP contribution in [0.15, 0.2) is 35.7 Å². The lowest BCUT2D eigenvalue weighted by atomic mass is 10.0. The van der Waals surface area contributed by atoms with Crippen LogP contribution < -0.4 is 15.2 Å². The standard InChI is InChI=1S/C19H17N3O2S/c1-11-6-7-25-18(11)13-9-15(22-19(21)14(13)10-20)12-4-5-16(23-2)17(8-12)24-3/h4-9H,1-3H3,(H2,21,22). The number of aryl methyl sites for hydroxylation is 1. The minimum Gasteiger partial charge on any atom is -0.493 e. The first kappa shape index (κ1) is 16.8. The van der Waals surface area contributed by atoms with Gasteiger partial charge in [0.1, 0.15) is 17.5 Å². The van der Waals surface area contributed by atoms with Crippen LogP contribution in [0.3, 0.4) is 0 Å². The molecule has 5 nitrogen and oxygen atoms in total. The van der Waals surface area contributed by atoms with Gasteiger partial charge in [-0.1, -0.05) is 0 Å². The fourth-order valence-electron chi connectivity index (χ4n) is 2.65. The maximum atomic E-state index is 9.50. The van der Waals surface area contributed by atoms with Crippen molar-refractivity contribution in [1.29, 1.82) is 5.26 Å². The molecule has 0 bridgehead atoms. The summed E-state index contributed by atoms with van der Waals surface area (Å²) in [6.07, 6.45) is 0. The maximum Gasteiger partial charge on any atom is 0.161 e. The Morgan fingerprint density at radius 1 is 1.12 bits per heavy atom. The Kier molecular flexibility index (Phi) is 4.59. The zero-order valence-electron chi connectivity index (χ0n) is 14.2. The highest BCUT2D eigenvalue weighted by Gasteiger charge is 2.16. The van der Waals surface area contributed by atoms with Gasteiger partial charge in [-0.2, -0.15) is 5.26 Å². The topological polar surface area (TPSA) is 81.2 Å². The van der Waals surface area contributed by atoms with Gasteiger partial charge in [-0.3, -0.25) is 0 Å². The van der Waals surface area contributed by atoms with Gasteiger partial charge in [0, 0.05) is 16.0 Å². The Labute approximate surface area is 150 Å². The summed E-state index contributed by atoms with van der Waals surface area (Å²) >= 11 is 1.58. The van der Waals surface area contributed by atoms with Gasteiger partial charge in [0.2, 0.25) is 0 Å². The van der Waals surface area contributed by atoms with E-state index < -0.39 is 0 Å². The molecule has 3 rings (SSSR count). The summed E-state index contributed by atoms with van der Waals surface area (Å²) < 4.78 is 10.6. The lowest BCUT2D eigenvalue weighted by Crippen LogP contribution is -2.00. The number of aromatic nitrogens is 1. The summed E-state index contributed by atoms with van der Waals surface area (Å²) in [4.78, 5) is 5.43. The van der Waals surface area contributed by atoms with Crippen molar-refractivity contribution < 1.29 is 9.47 Å². The third-order valence-corrected chi connectivity index (χ3v) is 5.00. The summed E-state index contributed by atoms with van der Waals surface area (Å²) in [7, 11) is 3.18. The van der Waals surface area contributed by atoms with Crippen molar-refractivity contribution in [1.82, 2.24) is 4.98 Å². The first-order valence-electron chi connectivity index (χ1n) is 7.56. The number of nitriles is 1. The number of thiophene rings is 1. The normalized spacial score (nSPS) is 10.3. The zero-order valence-corrected chi connectivity index (χ0v) is 15.0. The molecule has 0 saturated heterocycles. The molecule has 0 amide bonds. The van der Waals surface area contributed by atoms with Gasteiger partial charge in [0.05, 0.1) is 19.9 Å². The van der Waals surface area contributed by atoms with Crippen LogP contribution in [-0.2, 0) is 0 Å². The molecule has 0 radical (unpaired) electrons. The second kappa shape index (κ2) is 6.83. The van der Waals surface area contributed by atoms with Crippen molar-refractivity contribution >= 4 is 17.2 Å². The van der Waals surface area contributed by atoms with Crippen LogP contribution in [0.1, 0.15) is 11.1 Å². The van der Waals surface area contributed by atoms with E-state index in [1.807, 2.05) is 42.6 Å². The van der Waals surface area contributed by atoms with Crippen molar-refractivity contribution in [2.75, 3.05) is 20.0 Å². The number of nitrogen functional groups attached to an aromatic ring is 1. The Morgan fingerprint density at radius 2 is 1.88 bits per heavy atom. The number of benzene rings is 1. The third-order valence-electron chi connectivity index (χ3n) is 3.95. The van der Waals surface area contributed by atoms with Gasteiger partial charge >= 0.3 is 0 Å². The SMILES string of the molecule is COc1ccc(-c2cc(-c3sccc3C)c(C#N)c(N)n2)cc1OC. The van der Waals surface area contributed by atoms with Crippen molar-refractivity contribution in [2.45, 2.75) is 6.92 Å². The number of methoxy groups -OCH3 is 2. The first-order valence-corrected chi connectivity index (χ1v) is 8.44. The molecule has 0 fully saturated rings. The molecule has 2 aromatic heterocycles. The minimum absolute atomic E-state index is 0.220. The number of pyridine rings is 1. The van der Waals surface area contributed by atoms with Crippen molar-refractivity contribution in [3.63, 3.8) is 0 Å². The number of hydrogen-bond donors (Lipinski definition) is 1. The van der Waals surface area contributed by atoms with Crippen LogP contribution in [0, 0.1) is 18.3 Å². The van der Waals surface area contributed by atoms with E-state index in [2.05, 4.69) is 11.1 Å². The van der Waals surface area contributed by atoms with Crippen LogP contribution in [0.2, 0.25) is 0 Å². The minimum atomic E-state index is 0.220. The van der Waals surface area contributed by atoms with Crippen molar-refractivity contribution in [3.05, 3.63) is 46.8 Å². The molecule has 2 N–H and O–H groups in total. The van der Waals surface area contributed by atoms with E-state index >= 15 is 0 Å². The van der Waals surface area contributed by atoms with Crippen LogP contribution in [0.25, 0.3) is 21.7 Å². The molecule has 0 aliphatic rings. The largest absolute Gasteiger partial charge is 0.493 e. The highest BCUT2D eigenvalue weighted by atomic mass is 32.1. The smallest absolute Gasteiger partial charge is 0.161 e. The molecule has 6 heteroatoms. The molecule has 2 heterocycles. The number of rotatable bonds is 4. The van der Waals surface area contributed by atoms with E-state index in [0.29, 0.717) is 22.8 Å². The molecule has 25 heavy (non-hydrogen) atoms. The van der Waals surface area contributed by atoms with Gasteiger partial charge in [-0.05, 0) is 48.2 Å². The Bertz CT molecular complexity index is 973. The molecule has 0 spiro atoms. The van der Waals surface area contributed by atoms with Gasteiger partial charge in [0.15, 0.2) is 11.5 Å². The second-order valence-corrected chi connectivity index (χ2v) is 6.35. The van der Waals surface area contributed by atoms with Crippen molar-refractivity contribution in [2.24, 2.45) is 0 Å². The third kappa shape index (κ3) is 3.02. The number of nitrogens with zero attached hydrogens (tertiary/aromatic N) is 2. The van der Waals surface area contributed by atoms with Crippen LogP contribution in [0.5, 0.6) is 11.5 Å². The zero-order chi connectivity index (χ0) is 18.0. The molecule has 0 unspecified atom stereocenters. The lowest BCUT2D eigenvalue weighted by Gasteiger charge is -2.12. The van der Waals surface area contributed by atoms with Crippen LogP contribution >= 0.6 is 11.3 Å². The number of nitrogens with two attached hydrogens (primary N) is 1. The first-order chi connectivity index (χ1) is 12.1. The summed E-state index contributed by atoms with van der Waals surface area (Å²) in [5.41, 5.74) is 9.88. The van der Waals surface area contributed by atoms with Gasteiger partial charge in [0.25, 0.3) is 0 Å². The van der Waals surface area contributed by atoms with E-state index in [4.69, 9.17) is 15.2 Å². The highest BCUT2D eigenvalue weighted by Crippen LogP contribution is 2.37. The predicted molar refractivity (Wildman–Crippen MR) is 100.0 cm³/mol. The molecule has 0 aliphatic carbocycles. The molecular formula is C19H17N3O2S. The van der Waals surface area contributed by atoms with Gasteiger partial charge in [-0.15, -0.1) is 11.3 Å². The van der Waals surface area contributed by atoms with E-state index in [9.17, 15) is 5.26 Å². The van der Waals surface area contributed by atoms with Crippen molar-refractivity contribution in [3.8, 4) is 39.3 Å². The average Bonchev–Trinajstić information content (AvgIpc) is 3.06. The van der Waals surface area contributed by atoms with Crippen LogP contribution in [-0.4, -0.2) is 19.2 Å². The lowest BCUT2D eigenvalue weighted by molar-refractivity contribution is 0.355. The predicted octanol–water partition coefficient (Wildman–Crippen LogP) is 4.26. The Balaban J connectivity index is 2.21. The van der Waals surface area contributed by atoms with E-state index in [-0.39, 0.29) is 5.82 Å². The second-order valence-electron chi connectivity index (χ2n) is 5.43. The fraction of sp³-hybridized carbons (Fsp3) is 0.158. The number of anilines is 1. The molecule has 0 aliphatic heterocycles. The summed E-state index contributed by atoms with van der Waals surface area (Å²) in [5.74, 6) is 1.47. The number of ether oxygens (including phenoxy) is 2.